The lowest BCUT2D eigenvalue weighted by Gasteiger charge is -2.38. The van der Waals surface area contributed by atoms with Crippen LogP contribution in [0, 0.1) is 17.8 Å². The van der Waals surface area contributed by atoms with Crippen molar-refractivity contribution < 1.29 is 9.90 Å². The highest BCUT2D eigenvalue weighted by Gasteiger charge is 2.33. The summed E-state index contributed by atoms with van der Waals surface area (Å²) in [5.41, 5.74) is 5.56. The van der Waals surface area contributed by atoms with Gasteiger partial charge >= 0.3 is 5.97 Å². The predicted molar refractivity (Wildman–Crippen MR) is 53.7 cm³/mol. The highest BCUT2D eigenvalue weighted by atomic mass is 16.4. The highest BCUT2D eigenvalue weighted by Crippen LogP contribution is 2.42. The molecule has 0 amide bonds. The van der Waals surface area contributed by atoms with Gasteiger partial charge in [0, 0.05) is 0 Å². The quantitative estimate of drug-likeness (QED) is 0.669. The second-order valence-electron chi connectivity index (χ2n) is 4.56. The average Bonchev–Trinajstić information content (AvgIpc) is 2.19. The first kappa shape index (κ1) is 9.71. The summed E-state index contributed by atoms with van der Waals surface area (Å²) in [5.74, 6) is 0.914. The molecule has 0 radical (unpaired) electrons. The molecule has 1 saturated carbocycles. The normalized spacial score (nSPS) is 37.1. The molecule has 4 atom stereocenters. The van der Waals surface area contributed by atoms with E-state index in [1.807, 2.05) is 0 Å². The molecule has 1 fully saturated rings. The first-order valence-electron chi connectivity index (χ1n) is 5.33. The van der Waals surface area contributed by atoms with E-state index in [0.717, 1.165) is 6.42 Å². The van der Waals surface area contributed by atoms with E-state index in [0.29, 0.717) is 24.2 Å². The topological polar surface area (TPSA) is 63.3 Å². The largest absolute Gasteiger partial charge is 0.480 e. The SMILES string of the molecule is NC(CC1CC2C=CC1CC2)C(=O)O. The van der Waals surface area contributed by atoms with Gasteiger partial charge in [-0.25, -0.2) is 0 Å². The van der Waals surface area contributed by atoms with Crippen LogP contribution in [0.15, 0.2) is 12.2 Å². The number of carbonyl (C=O) groups is 1. The van der Waals surface area contributed by atoms with Crippen LogP contribution in [0.3, 0.4) is 0 Å². The third kappa shape index (κ3) is 1.82. The van der Waals surface area contributed by atoms with Crippen molar-refractivity contribution in [2.75, 3.05) is 0 Å². The molecule has 0 aromatic rings. The minimum Gasteiger partial charge on any atom is -0.480 e. The number of hydrogen-bond acceptors (Lipinski definition) is 2. The second-order valence-corrected chi connectivity index (χ2v) is 4.56. The van der Waals surface area contributed by atoms with E-state index in [9.17, 15) is 4.79 Å². The van der Waals surface area contributed by atoms with Gasteiger partial charge in [0.1, 0.15) is 6.04 Å². The van der Waals surface area contributed by atoms with E-state index >= 15 is 0 Å². The number of carboxylic acids is 1. The Balaban J connectivity index is 1.94. The van der Waals surface area contributed by atoms with Crippen molar-refractivity contribution in [3.05, 3.63) is 12.2 Å². The first-order chi connectivity index (χ1) is 6.66. The van der Waals surface area contributed by atoms with Crippen molar-refractivity contribution in [3.8, 4) is 0 Å². The lowest BCUT2D eigenvalue weighted by Crippen LogP contribution is -2.37. The highest BCUT2D eigenvalue weighted by molar-refractivity contribution is 5.73. The Morgan fingerprint density at radius 3 is 2.71 bits per heavy atom. The van der Waals surface area contributed by atoms with Crippen molar-refractivity contribution in [1.82, 2.24) is 0 Å². The van der Waals surface area contributed by atoms with Crippen LogP contribution in [0.1, 0.15) is 25.7 Å². The van der Waals surface area contributed by atoms with Gasteiger partial charge in [-0.1, -0.05) is 12.2 Å². The molecule has 3 N–H and O–H groups in total. The van der Waals surface area contributed by atoms with E-state index in [4.69, 9.17) is 10.8 Å². The molecule has 4 unspecified atom stereocenters. The lowest BCUT2D eigenvalue weighted by atomic mass is 9.67. The molecule has 3 heteroatoms. The zero-order valence-electron chi connectivity index (χ0n) is 8.23. The molecule has 3 aliphatic carbocycles. The van der Waals surface area contributed by atoms with E-state index in [-0.39, 0.29) is 0 Å². The Hall–Kier alpha value is -0.830. The fraction of sp³-hybridized carbons (Fsp3) is 0.727. The Morgan fingerprint density at radius 1 is 1.50 bits per heavy atom. The first-order valence-corrected chi connectivity index (χ1v) is 5.33. The van der Waals surface area contributed by atoms with Crippen molar-refractivity contribution in [3.63, 3.8) is 0 Å². The van der Waals surface area contributed by atoms with Crippen LogP contribution < -0.4 is 5.73 Å². The zero-order valence-corrected chi connectivity index (χ0v) is 8.23. The van der Waals surface area contributed by atoms with Gasteiger partial charge in [-0.2, -0.15) is 0 Å². The summed E-state index contributed by atoms with van der Waals surface area (Å²) in [6, 6.07) is -0.673. The number of aliphatic carboxylic acids is 1. The fourth-order valence-electron chi connectivity index (χ4n) is 2.75. The molecule has 0 heterocycles. The molecular weight excluding hydrogens is 178 g/mol. The number of nitrogens with two attached hydrogens (primary N) is 1. The Bertz CT molecular complexity index is 262. The molecular formula is C11H17NO2. The molecule has 3 rings (SSSR count). The van der Waals surface area contributed by atoms with Gasteiger partial charge in [-0.05, 0) is 43.4 Å². The summed E-state index contributed by atoms with van der Waals surface area (Å²) in [6.45, 7) is 0. The van der Waals surface area contributed by atoms with Crippen LogP contribution in [0.4, 0.5) is 0 Å². The number of allylic oxidation sites excluding steroid dienone is 2. The number of carboxylic acid groups (broad SMARTS) is 1. The van der Waals surface area contributed by atoms with Gasteiger partial charge in [0.2, 0.25) is 0 Å². The van der Waals surface area contributed by atoms with Gasteiger partial charge in [0.25, 0.3) is 0 Å². The van der Waals surface area contributed by atoms with Gasteiger partial charge in [-0.15, -0.1) is 0 Å². The molecule has 3 nitrogen and oxygen atoms in total. The van der Waals surface area contributed by atoms with Gasteiger partial charge in [0.05, 0.1) is 0 Å². The van der Waals surface area contributed by atoms with Crippen LogP contribution in [-0.4, -0.2) is 17.1 Å². The molecule has 0 spiro atoms. The summed E-state index contributed by atoms with van der Waals surface area (Å²) in [5, 5.41) is 8.74. The maximum absolute atomic E-state index is 10.6. The summed E-state index contributed by atoms with van der Waals surface area (Å²) in [6.07, 6.45) is 8.83. The fourth-order valence-corrected chi connectivity index (χ4v) is 2.75. The van der Waals surface area contributed by atoms with Gasteiger partial charge in [0.15, 0.2) is 0 Å². The van der Waals surface area contributed by atoms with Crippen LogP contribution in [0.2, 0.25) is 0 Å². The summed E-state index contributed by atoms with van der Waals surface area (Å²) in [7, 11) is 0. The molecule has 78 valence electrons. The van der Waals surface area contributed by atoms with E-state index < -0.39 is 12.0 Å². The van der Waals surface area contributed by atoms with Crippen molar-refractivity contribution in [1.29, 1.82) is 0 Å². The predicted octanol–water partition coefficient (Wildman–Crippen LogP) is 1.39. The lowest BCUT2D eigenvalue weighted by molar-refractivity contribution is -0.139. The molecule has 14 heavy (non-hydrogen) atoms. The average molecular weight is 195 g/mol. The summed E-state index contributed by atoms with van der Waals surface area (Å²) in [4.78, 5) is 10.6. The van der Waals surface area contributed by atoms with Crippen LogP contribution >= 0.6 is 0 Å². The van der Waals surface area contributed by atoms with Gasteiger partial charge in [-0.3, -0.25) is 4.79 Å². The van der Waals surface area contributed by atoms with E-state index in [2.05, 4.69) is 12.2 Å². The maximum atomic E-state index is 10.6. The maximum Gasteiger partial charge on any atom is 0.320 e. The number of fused-ring (bicyclic) bond motifs is 2. The third-order valence-corrected chi connectivity index (χ3v) is 3.59. The molecule has 0 saturated heterocycles. The van der Waals surface area contributed by atoms with Crippen molar-refractivity contribution in [2.45, 2.75) is 31.7 Å². The van der Waals surface area contributed by atoms with Crippen LogP contribution in [0.25, 0.3) is 0 Å². The molecule has 3 aliphatic rings. The van der Waals surface area contributed by atoms with Crippen molar-refractivity contribution >= 4 is 5.97 Å². The number of rotatable bonds is 3. The van der Waals surface area contributed by atoms with E-state index in [1.54, 1.807) is 0 Å². The van der Waals surface area contributed by atoms with Gasteiger partial charge < -0.3 is 10.8 Å². The van der Waals surface area contributed by atoms with E-state index in [1.165, 1.54) is 12.8 Å². The molecule has 0 aliphatic heterocycles. The number of hydrogen-bond donors (Lipinski definition) is 2. The third-order valence-electron chi connectivity index (χ3n) is 3.59. The smallest absolute Gasteiger partial charge is 0.320 e. The minimum absolute atomic E-state index is 0.504. The molecule has 2 bridgehead atoms. The van der Waals surface area contributed by atoms with Crippen molar-refractivity contribution in [2.24, 2.45) is 23.5 Å². The zero-order chi connectivity index (χ0) is 10.1. The Kier molecular flexibility index (Phi) is 2.59. The monoisotopic (exact) mass is 195 g/mol. The standard InChI is InChI=1S/C11H17NO2/c12-10(11(13)14)6-9-5-7-1-3-8(9)4-2-7/h1,3,7-10H,2,4-6,12H2,(H,13,14). The second kappa shape index (κ2) is 3.73. The van der Waals surface area contributed by atoms with Crippen LogP contribution in [-0.2, 0) is 4.79 Å². The molecule has 0 aromatic heterocycles. The summed E-state index contributed by atoms with van der Waals surface area (Å²) >= 11 is 0. The minimum atomic E-state index is -0.865. The Morgan fingerprint density at radius 2 is 2.29 bits per heavy atom. The molecule has 0 aromatic carbocycles. The van der Waals surface area contributed by atoms with Crippen LogP contribution in [0.5, 0.6) is 0 Å². The Labute approximate surface area is 84.0 Å². The summed E-state index contributed by atoms with van der Waals surface area (Å²) < 4.78 is 0.